The van der Waals surface area contributed by atoms with Crippen molar-refractivity contribution in [2.24, 2.45) is 0 Å². The van der Waals surface area contributed by atoms with Gasteiger partial charge in [-0.05, 0) is 23.8 Å². The molecule has 122 valence electrons. The SMILES string of the molecule is CC(C)SC1=C(c2ccccc2)C(=O)N(c2cccc(Br)c2)C1=O. The Morgan fingerprint density at radius 2 is 1.67 bits per heavy atom. The molecule has 0 fully saturated rings. The smallest absolute Gasteiger partial charge is 0.268 e. The van der Waals surface area contributed by atoms with Crippen LogP contribution in [-0.2, 0) is 9.59 Å². The molecule has 0 spiro atoms. The summed E-state index contributed by atoms with van der Waals surface area (Å²) in [6.07, 6.45) is 0. The molecule has 1 aliphatic heterocycles. The molecule has 2 amide bonds. The Morgan fingerprint density at radius 3 is 2.29 bits per heavy atom. The summed E-state index contributed by atoms with van der Waals surface area (Å²) in [5, 5.41) is 0.206. The first-order chi connectivity index (χ1) is 11.5. The average molecular weight is 402 g/mol. The second kappa shape index (κ2) is 6.95. The average Bonchev–Trinajstić information content (AvgIpc) is 2.78. The van der Waals surface area contributed by atoms with Crippen LogP contribution in [0, 0.1) is 0 Å². The van der Waals surface area contributed by atoms with Crippen molar-refractivity contribution in [3.8, 4) is 0 Å². The van der Waals surface area contributed by atoms with Gasteiger partial charge in [0.05, 0.1) is 16.2 Å². The molecule has 0 bridgehead atoms. The Labute approximate surface area is 153 Å². The summed E-state index contributed by atoms with van der Waals surface area (Å²) in [5.41, 5.74) is 1.84. The first kappa shape index (κ1) is 17.0. The topological polar surface area (TPSA) is 37.4 Å². The van der Waals surface area contributed by atoms with E-state index in [0.717, 1.165) is 10.0 Å². The van der Waals surface area contributed by atoms with Crippen LogP contribution in [0.5, 0.6) is 0 Å². The highest BCUT2D eigenvalue weighted by Gasteiger charge is 2.40. The van der Waals surface area contributed by atoms with Crippen LogP contribution in [0.15, 0.2) is 64.0 Å². The molecule has 3 rings (SSSR count). The van der Waals surface area contributed by atoms with E-state index in [0.29, 0.717) is 16.2 Å². The fraction of sp³-hybridized carbons (Fsp3) is 0.158. The van der Waals surface area contributed by atoms with Gasteiger partial charge in [0.25, 0.3) is 11.8 Å². The molecule has 0 saturated heterocycles. The van der Waals surface area contributed by atoms with Crippen LogP contribution in [-0.4, -0.2) is 17.1 Å². The summed E-state index contributed by atoms with van der Waals surface area (Å²) in [5.74, 6) is -0.525. The van der Waals surface area contributed by atoms with Gasteiger partial charge in [-0.3, -0.25) is 9.59 Å². The van der Waals surface area contributed by atoms with Crippen molar-refractivity contribution in [2.75, 3.05) is 4.90 Å². The molecule has 0 unspecified atom stereocenters. The lowest BCUT2D eigenvalue weighted by Crippen LogP contribution is -2.31. The second-order valence-electron chi connectivity index (χ2n) is 5.66. The molecule has 0 aliphatic carbocycles. The van der Waals surface area contributed by atoms with Gasteiger partial charge in [0, 0.05) is 9.72 Å². The van der Waals surface area contributed by atoms with E-state index in [4.69, 9.17) is 0 Å². The maximum absolute atomic E-state index is 13.0. The van der Waals surface area contributed by atoms with Gasteiger partial charge in [-0.25, -0.2) is 4.90 Å². The van der Waals surface area contributed by atoms with Gasteiger partial charge in [-0.1, -0.05) is 66.2 Å². The highest BCUT2D eigenvalue weighted by atomic mass is 79.9. The highest BCUT2D eigenvalue weighted by Crippen LogP contribution is 2.40. The number of anilines is 1. The molecule has 0 radical (unpaired) electrons. The number of halogens is 1. The van der Waals surface area contributed by atoms with Gasteiger partial charge >= 0.3 is 0 Å². The summed E-state index contributed by atoms with van der Waals surface area (Å²) < 4.78 is 0.826. The van der Waals surface area contributed by atoms with Crippen LogP contribution < -0.4 is 4.90 Å². The van der Waals surface area contributed by atoms with Gasteiger partial charge in [0.2, 0.25) is 0 Å². The minimum atomic E-state index is -0.271. The van der Waals surface area contributed by atoms with E-state index in [-0.39, 0.29) is 17.1 Å². The quantitative estimate of drug-likeness (QED) is 0.685. The molecule has 24 heavy (non-hydrogen) atoms. The van der Waals surface area contributed by atoms with E-state index in [1.165, 1.54) is 16.7 Å². The number of carbonyl (C=O) groups is 2. The summed E-state index contributed by atoms with van der Waals surface area (Å²) >= 11 is 4.83. The first-order valence-corrected chi connectivity index (χ1v) is 9.27. The Kier molecular flexibility index (Phi) is 4.92. The highest BCUT2D eigenvalue weighted by molar-refractivity contribution is 9.10. The maximum atomic E-state index is 13.0. The number of hydrogen-bond acceptors (Lipinski definition) is 3. The standard InChI is InChI=1S/C19H16BrNO2S/c1-12(2)24-17-16(13-7-4-3-5-8-13)18(22)21(19(17)23)15-10-6-9-14(20)11-15/h3-12H,1-2H3. The van der Waals surface area contributed by atoms with Crippen LogP contribution in [0.4, 0.5) is 5.69 Å². The minimum absolute atomic E-state index is 0.206. The van der Waals surface area contributed by atoms with E-state index in [2.05, 4.69) is 15.9 Å². The van der Waals surface area contributed by atoms with E-state index >= 15 is 0 Å². The van der Waals surface area contributed by atoms with Gasteiger partial charge in [0.1, 0.15) is 0 Å². The van der Waals surface area contributed by atoms with E-state index in [9.17, 15) is 9.59 Å². The molecule has 3 nitrogen and oxygen atoms in total. The van der Waals surface area contributed by atoms with Crippen molar-refractivity contribution in [1.82, 2.24) is 0 Å². The van der Waals surface area contributed by atoms with Gasteiger partial charge in [-0.2, -0.15) is 0 Å². The number of amides is 2. The zero-order valence-electron chi connectivity index (χ0n) is 13.3. The molecule has 0 atom stereocenters. The Morgan fingerprint density at radius 1 is 0.958 bits per heavy atom. The Hall–Kier alpha value is -1.85. The van der Waals surface area contributed by atoms with Crippen LogP contribution in [0.2, 0.25) is 0 Å². The summed E-state index contributed by atoms with van der Waals surface area (Å²) in [4.78, 5) is 27.8. The first-order valence-electron chi connectivity index (χ1n) is 7.59. The van der Waals surface area contributed by atoms with Gasteiger partial charge < -0.3 is 0 Å². The number of benzene rings is 2. The lowest BCUT2D eigenvalue weighted by Gasteiger charge is -2.15. The normalized spacial score (nSPS) is 14.9. The third kappa shape index (κ3) is 3.19. The van der Waals surface area contributed by atoms with Crippen LogP contribution in [0.1, 0.15) is 19.4 Å². The summed E-state index contributed by atoms with van der Waals surface area (Å²) in [6.45, 7) is 4.03. The van der Waals surface area contributed by atoms with Crippen LogP contribution in [0.3, 0.4) is 0 Å². The third-order valence-corrected chi connectivity index (χ3v) is 5.10. The zero-order valence-corrected chi connectivity index (χ0v) is 15.7. The van der Waals surface area contributed by atoms with Gasteiger partial charge in [-0.15, -0.1) is 11.8 Å². The number of thioether (sulfide) groups is 1. The molecule has 2 aromatic rings. The van der Waals surface area contributed by atoms with Crippen molar-refractivity contribution in [1.29, 1.82) is 0 Å². The van der Waals surface area contributed by atoms with Crippen molar-refractivity contribution < 1.29 is 9.59 Å². The number of carbonyl (C=O) groups excluding carboxylic acids is 2. The monoisotopic (exact) mass is 401 g/mol. The van der Waals surface area contributed by atoms with Crippen molar-refractivity contribution in [3.63, 3.8) is 0 Å². The summed E-state index contributed by atoms with van der Waals surface area (Å²) in [6, 6.07) is 16.6. The number of nitrogens with zero attached hydrogens (tertiary/aromatic N) is 1. The summed E-state index contributed by atoms with van der Waals surface area (Å²) in [7, 11) is 0. The molecule has 0 N–H and O–H groups in total. The van der Waals surface area contributed by atoms with E-state index in [1.54, 1.807) is 12.1 Å². The predicted octanol–water partition coefficient (Wildman–Crippen LogP) is 4.88. The fourth-order valence-electron chi connectivity index (χ4n) is 2.56. The van der Waals surface area contributed by atoms with Crippen molar-refractivity contribution >= 4 is 50.8 Å². The number of imide groups is 1. The lowest BCUT2D eigenvalue weighted by molar-refractivity contribution is -0.119. The van der Waals surface area contributed by atoms with Gasteiger partial charge in [0.15, 0.2) is 0 Å². The molecule has 0 saturated carbocycles. The Bertz CT molecular complexity index is 830. The van der Waals surface area contributed by atoms with E-state index in [1.807, 2.05) is 56.3 Å². The molecule has 2 aromatic carbocycles. The van der Waals surface area contributed by atoms with Crippen LogP contribution >= 0.6 is 27.7 Å². The predicted molar refractivity (Wildman–Crippen MR) is 103 cm³/mol. The number of hydrogen-bond donors (Lipinski definition) is 0. The molecule has 1 aliphatic rings. The third-order valence-electron chi connectivity index (χ3n) is 3.52. The molecule has 0 aromatic heterocycles. The molecule has 5 heteroatoms. The minimum Gasteiger partial charge on any atom is -0.268 e. The van der Waals surface area contributed by atoms with E-state index < -0.39 is 0 Å². The largest absolute Gasteiger partial charge is 0.272 e. The molecular formula is C19H16BrNO2S. The zero-order chi connectivity index (χ0) is 17.3. The Balaban J connectivity index is 2.11. The number of rotatable bonds is 4. The van der Waals surface area contributed by atoms with Crippen LogP contribution in [0.25, 0.3) is 5.57 Å². The van der Waals surface area contributed by atoms with Crippen molar-refractivity contribution in [2.45, 2.75) is 19.1 Å². The fourth-order valence-corrected chi connectivity index (χ4v) is 3.94. The maximum Gasteiger partial charge on any atom is 0.272 e. The molecule has 1 heterocycles. The lowest BCUT2D eigenvalue weighted by atomic mass is 10.1. The molecular weight excluding hydrogens is 386 g/mol. The van der Waals surface area contributed by atoms with Crippen molar-refractivity contribution in [3.05, 3.63) is 69.5 Å². The second-order valence-corrected chi connectivity index (χ2v) is 8.16.